The average molecular weight is 270 g/mol. The second-order valence-electron chi connectivity index (χ2n) is 7.19. The number of nitrogens with one attached hydrogen (secondary N) is 1. The van der Waals surface area contributed by atoms with E-state index in [2.05, 4.69) is 51.8 Å². The zero-order valence-electron chi connectivity index (χ0n) is 14.0. The van der Waals surface area contributed by atoms with Crippen LogP contribution in [-0.4, -0.2) is 49.3 Å². The maximum Gasteiger partial charge on any atom is 0.0615 e. The first-order valence-electron chi connectivity index (χ1n) is 7.79. The van der Waals surface area contributed by atoms with E-state index in [0.717, 1.165) is 19.7 Å². The van der Waals surface area contributed by atoms with E-state index in [1.54, 1.807) is 7.11 Å². The normalized spacial score (nSPS) is 26.4. The van der Waals surface area contributed by atoms with E-state index in [4.69, 9.17) is 4.74 Å². The molecule has 1 aliphatic rings. The third-order valence-electron chi connectivity index (χ3n) is 4.97. The highest BCUT2D eigenvalue weighted by Crippen LogP contribution is 2.33. The van der Waals surface area contributed by atoms with Crippen molar-refractivity contribution < 1.29 is 4.74 Å². The molecule has 1 saturated heterocycles. The van der Waals surface area contributed by atoms with E-state index in [-0.39, 0.29) is 0 Å². The van der Waals surface area contributed by atoms with E-state index >= 15 is 0 Å². The predicted octanol–water partition coefficient (Wildman–Crippen LogP) is 2.90. The minimum atomic E-state index is 0.291. The SMILES string of the molecule is CCC1(CC)CNC(C(C)(C)C)CN1C(C)COC. The number of nitrogens with zero attached hydrogens (tertiary/aromatic N) is 1. The molecule has 0 aromatic rings. The second-order valence-corrected chi connectivity index (χ2v) is 7.19. The number of piperazine rings is 1. The molecule has 1 rings (SSSR count). The summed E-state index contributed by atoms with van der Waals surface area (Å²) in [5, 5.41) is 3.80. The molecule has 0 radical (unpaired) electrons. The van der Waals surface area contributed by atoms with E-state index in [1.807, 2.05) is 0 Å². The summed E-state index contributed by atoms with van der Waals surface area (Å²) in [6.45, 7) is 16.9. The van der Waals surface area contributed by atoms with Gasteiger partial charge < -0.3 is 10.1 Å². The van der Waals surface area contributed by atoms with Crippen molar-refractivity contribution in [1.29, 1.82) is 0 Å². The van der Waals surface area contributed by atoms with Crippen molar-refractivity contribution in [2.45, 2.75) is 72.0 Å². The van der Waals surface area contributed by atoms with E-state index < -0.39 is 0 Å². The monoisotopic (exact) mass is 270 g/mol. The molecular weight excluding hydrogens is 236 g/mol. The van der Waals surface area contributed by atoms with Gasteiger partial charge in [-0.2, -0.15) is 0 Å². The Hall–Kier alpha value is -0.120. The van der Waals surface area contributed by atoms with Crippen LogP contribution in [-0.2, 0) is 4.74 Å². The number of hydrogen-bond donors (Lipinski definition) is 1. The quantitative estimate of drug-likeness (QED) is 0.831. The lowest BCUT2D eigenvalue weighted by molar-refractivity contribution is -0.0387. The zero-order valence-corrected chi connectivity index (χ0v) is 14.0. The summed E-state index contributed by atoms with van der Waals surface area (Å²) in [5.74, 6) is 0. The first kappa shape index (κ1) is 16.9. The zero-order chi connectivity index (χ0) is 14.7. The molecule has 3 heteroatoms. The highest BCUT2D eigenvalue weighted by atomic mass is 16.5. The maximum atomic E-state index is 5.40. The molecule has 1 N–H and O–H groups in total. The Morgan fingerprint density at radius 3 is 2.32 bits per heavy atom. The van der Waals surface area contributed by atoms with Crippen molar-refractivity contribution in [3.8, 4) is 0 Å². The Morgan fingerprint density at radius 1 is 1.32 bits per heavy atom. The van der Waals surface area contributed by atoms with Gasteiger partial charge in [0.1, 0.15) is 0 Å². The summed E-state index contributed by atoms with van der Waals surface area (Å²) in [6, 6.07) is 1.04. The lowest BCUT2D eigenvalue weighted by atomic mass is 9.79. The molecule has 2 unspecified atom stereocenters. The summed E-state index contributed by atoms with van der Waals surface area (Å²) < 4.78 is 5.40. The van der Waals surface area contributed by atoms with Crippen molar-refractivity contribution >= 4 is 0 Å². The predicted molar refractivity (Wildman–Crippen MR) is 82.6 cm³/mol. The van der Waals surface area contributed by atoms with Crippen molar-refractivity contribution in [3.63, 3.8) is 0 Å². The highest BCUT2D eigenvalue weighted by molar-refractivity contribution is 5.01. The maximum absolute atomic E-state index is 5.40. The Bertz CT molecular complexity index is 268. The Balaban J connectivity index is 2.92. The van der Waals surface area contributed by atoms with E-state index in [9.17, 15) is 0 Å². The summed E-state index contributed by atoms with van der Waals surface area (Å²) in [5.41, 5.74) is 0.596. The van der Waals surface area contributed by atoms with Crippen LogP contribution in [0.1, 0.15) is 54.4 Å². The van der Waals surface area contributed by atoms with Gasteiger partial charge in [-0.1, -0.05) is 34.6 Å². The van der Waals surface area contributed by atoms with E-state index in [1.165, 1.54) is 12.8 Å². The third kappa shape index (κ3) is 3.71. The first-order chi connectivity index (χ1) is 8.80. The van der Waals surface area contributed by atoms with Crippen LogP contribution in [0.5, 0.6) is 0 Å². The van der Waals surface area contributed by atoms with Gasteiger partial charge in [-0.25, -0.2) is 0 Å². The topological polar surface area (TPSA) is 24.5 Å². The summed E-state index contributed by atoms with van der Waals surface area (Å²) >= 11 is 0. The lowest BCUT2D eigenvalue weighted by Gasteiger charge is -2.54. The molecule has 0 bridgehead atoms. The number of hydrogen-bond acceptors (Lipinski definition) is 3. The van der Waals surface area contributed by atoms with Crippen LogP contribution in [0.15, 0.2) is 0 Å². The second kappa shape index (κ2) is 6.55. The van der Waals surface area contributed by atoms with Crippen LogP contribution >= 0.6 is 0 Å². The fourth-order valence-corrected chi connectivity index (χ4v) is 3.33. The Labute approximate surface area is 120 Å². The molecule has 0 amide bonds. The summed E-state index contributed by atoms with van der Waals surface area (Å²) in [6.07, 6.45) is 2.39. The Kier molecular flexibility index (Phi) is 5.84. The highest BCUT2D eigenvalue weighted by Gasteiger charge is 2.43. The van der Waals surface area contributed by atoms with Gasteiger partial charge in [-0.15, -0.1) is 0 Å². The molecule has 1 fully saturated rings. The fraction of sp³-hybridized carbons (Fsp3) is 1.00. The van der Waals surface area contributed by atoms with Crippen LogP contribution in [0.25, 0.3) is 0 Å². The average Bonchev–Trinajstić information content (AvgIpc) is 2.37. The van der Waals surface area contributed by atoms with Gasteiger partial charge in [0, 0.05) is 37.8 Å². The minimum absolute atomic E-state index is 0.291. The van der Waals surface area contributed by atoms with Gasteiger partial charge >= 0.3 is 0 Å². The largest absolute Gasteiger partial charge is 0.383 e. The molecule has 1 heterocycles. The molecule has 0 spiro atoms. The molecule has 0 saturated carbocycles. The first-order valence-corrected chi connectivity index (χ1v) is 7.79. The minimum Gasteiger partial charge on any atom is -0.383 e. The number of methoxy groups -OCH3 is 1. The van der Waals surface area contributed by atoms with Crippen molar-refractivity contribution in [3.05, 3.63) is 0 Å². The molecule has 114 valence electrons. The van der Waals surface area contributed by atoms with Crippen molar-refractivity contribution in [1.82, 2.24) is 10.2 Å². The third-order valence-corrected chi connectivity index (χ3v) is 4.97. The van der Waals surface area contributed by atoms with E-state index in [0.29, 0.717) is 23.0 Å². The van der Waals surface area contributed by atoms with Crippen LogP contribution in [0, 0.1) is 5.41 Å². The molecule has 0 aromatic carbocycles. The van der Waals surface area contributed by atoms with Gasteiger partial charge in [-0.05, 0) is 25.2 Å². The number of rotatable bonds is 5. The molecular formula is C16H34N2O. The standard InChI is InChI=1S/C16H34N2O/c1-8-16(9-2)12-17-14(15(4,5)6)10-18(16)13(3)11-19-7/h13-14,17H,8-12H2,1-7H3. The summed E-state index contributed by atoms with van der Waals surface area (Å²) in [4.78, 5) is 2.70. The van der Waals surface area contributed by atoms with Crippen molar-refractivity contribution in [2.75, 3.05) is 26.8 Å². The van der Waals surface area contributed by atoms with Gasteiger partial charge in [0.15, 0.2) is 0 Å². The molecule has 19 heavy (non-hydrogen) atoms. The fourth-order valence-electron chi connectivity index (χ4n) is 3.33. The Morgan fingerprint density at radius 2 is 1.89 bits per heavy atom. The van der Waals surface area contributed by atoms with Gasteiger partial charge in [0.2, 0.25) is 0 Å². The molecule has 0 aromatic heterocycles. The molecule has 3 nitrogen and oxygen atoms in total. The molecule has 0 aliphatic carbocycles. The van der Waals surface area contributed by atoms with Crippen molar-refractivity contribution in [2.24, 2.45) is 5.41 Å². The van der Waals surface area contributed by atoms with Crippen LogP contribution < -0.4 is 5.32 Å². The van der Waals surface area contributed by atoms with Crippen LogP contribution in [0.2, 0.25) is 0 Å². The molecule has 1 aliphatic heterocycles. The van der Waals surface area contributed by atoms with Gasteiger partial charge in [0.25, 0.3) is 0 Å². The number of ether oxygens (including phenoxy) is 1. The van der Waals surface area contributed by atoms with Crippen LogP contribution in [0.4, 0.5) is 0 Å². The lowest BCUT2D eigenvalue weighted by Crippen LogP contribution is -2.69. The smallest absolute Gasteiger partial charge is 0.0615 e. The van der Waals surface area contributed by atoms with Gasteiger partial charge in [0.05, 0.1) is 6.61 Å². The van der Waals surface area contributed by atoms with Crippen LogP contribution in [0.3, 0.4) is 0 Å². The summed E-state index contributed by atoms with van der Waals surface area (Å²) in [7, 11) is 1.81. The molecule has 2 atom stereocenters. The van der Waals surface area contributed by atoms with Gasteiger partial charge in [-0.3, -0.25) is 4.90 Å².